The van der Waals surface area contributed by atoms with Crippen LogP contribution in [-0.4, -0.2) is 14.1 Å². The smallest absolute Gasteiger partial charge is 0.196 e. The van der Waals surface area contributed by atoms with Crippen LogP contribution in [0.4, 0.5) is 5.69 Å². The largest absolute Gasteiger partial charge is 0.309 e. The van der Waals surface area contributed by atoms with E-state index in [1.807, 2.05) is 78.9 Å². The van der Waals surface area contributed by atoms with Crippen LogP contribution in [-0.2, 0) is 0 Å². The molecular weight excluding hydrogens is 613 g/mol. The first-order valence-electron chi connectivity index (χ1n) is 16.1. The highest BCUT2D eigenvalue weighted by Gasteiger charge is 2.19. The van der Waals surface area contributed by atoms with Gasteiger partial charge in [-0.3, -0.25) is 0 Å². The number of rotatable bonds is 4. The number of nitrogens with zero attached hydrogens (tertiary/aromatic N) is 6. The van der Waals surface area contributed by atoms with Crippen molar-refractivity contribution in [1.82, 2.24) is 14.1 Å². The fourth-order valence-electron chi connectivity index (χ4n) is 7.18. The SMILES string of the molecule is [C-]#[N+]c1ccccc1-c1cccc(-c2cc(-n3c4ccccc4c4ccccc43)cc(-n3c4ccc(C#N)cc4c4cc(C#N)ccc43)c2)n1. The summed E-state index contributed by atoms with van der Waals surface area (Å²) in [4.78, 5) is 8.88. The summed E-state index contributed by atoms with van der Waals surface area (Å²) < 4.78 is 4.50. The number of benzene rings is 6. The van der Waals surface area contributed by atoms with Crippen LogP contribution in [0.3, 0.4) is 0 Å². The normalized spacial score (nSPS) is 11.1. The van der Waals surface area contributed by atoms with Gasteiger partial charge in [0, 0.05) is 44.0 Å². The van der Waals surface area contributed by atoms with E-state index in [0.717, 1.165) is 77.5 Å². The molecular formula is C44H24N6. The summed E-state index contributed by atoms with van der Waals surface area (Å²) in [6, 6.07) is 52.8. The Balaban J connectivity index is 1.38. The average molecular weight is 637 g/mol. The third-order valence-corrected chi connectivity index (χ3v) is 9.37. The van der Waals surface area contributed by atoms with Gasteiger partial charge in [0.15, 0.2) is 5.69 Å². The van der Waals surface area contributed by atoms with Crippen LogP contribution in [0.1, 0.15) is 11.1 Å². The lowest BCUT2D eigenvalue weighted by Crippen LogP contribution is -2.01. The molecule has 0 atom stereocenters. The van der Waals surface area contributed by atoms with E-state index in [1.165, 1.54) is 0 Å². The Hall–Kier alpha value is -7.46. The summed E-state index contributed by atoms with van der Waals surface area (Å²) in [7, 11) is 0. The van der Waals surface area contributed by atoms with Crippen molar-refractivity contribution in [1.29, 1.82) is 10.5 Å². The second kappa shape index (κ2) is 11.4. The minimum absolute atomic E-state index is 0.552. The molecule has 0 amide bonds. The molecule has 6 heteroatoms. The number of hydrogen-bond donors (Lipinski definition) is 0. The molecule has 0 aliphatic heterocycles. The first kappa shape index (κ1) is 28.7. The van der Waals surface area contributed by atoms with Gasteiger partial charge in [0.05, 0.1) is 63.3 Å². The summed E-state index contributed by atoms with van der Waals surface area (Å²) in [5, 5.41) is 23.7. The zero-order valence-corrected chi connectivity index (χ0v) is 26.5. The monoisotopic (exact) mass is 636 g/mol. The van der Waals surface area contributed by atoms with E-state index in [9.17, 15) is 10.5 Å². The van der Waals surface area contributed by atoms with Crippen LogP contribution in [0.25, 0.3) is 82.3 Å². The fraction of sp³-hybridized carbons (Fsp3) is 0. The molecule has 9 rings (SSSR count). The van der Waals surface area contributed by atoms with Crippen molar-refractivity contribution in [2.24, 2.45) is 0 Å². The second-order valence-corrected chi connectivity index (χ2v) is 12.2. The van der Waals surface area contributed by atoms with Crippen molar-refractivity contribution >= 4 is 49.3 Å². The molecule has 6 aromatic carbocycles. The number of fused-ring (bicyclic) bond motifs is 6. The fourth-order valence-corrected chi connectivity index (χ4v) is 7.18. The molecule has 0 spiro atoms. The lowest BCUT2D eigenvalue weighted by molar-refractivity contribution is 1.13. The highest BCUT2D eigenvalue weighted by molar-refractivity contribution is 6.11. The molecule has 50 heavy (non-hydrogen) atoms. The number of pyridine rings is 1. The molecule has 0 N–H and O–H groups in total. The quantitative estimate of drug-likeness (QED) is 0.180. The molecule has 0 saturated carbocycles. The van der Waals surface area contributed by atoms with Crippen molar-refractivity contribution in [2.75, 3.05) is 0 Å². The van der Waals surface area contributed by atoms with Crippen LogP contribution in [0.5, 0.6) is 0 Å². The average Bonchev–Trinajstić information content (AvgIpc) is 3.70. The van der Waals surface area contributed by atoms with E-state index >= 15 is 0 Å². The van der Waals surface area contributed by atoms with E-state index in [4.69, 9.17) is 11.6 Å². The number of hydrogen-bond acceptors (Lipinski definition) is 3. The Kier molecular flexibility index (Phi) is 6.53. The zero-order valence-electron chi connectivity index (χ0n) is 26.5. The van der Waals surface area contributed by atoms with E-state index in [2.05, 4.69) is 92.8 Å². The first-order chi connectivity index (χ1) is 24.6. The van der Waals surface area contributed by atoms with Crippen molar-refractivity contribution in [3.05, 3.63) is 168 Å². The van der Waals surface area contributed by atoms with Crippen LogP contribution >= 0.6 is 0 Å². The molecule has 3 aromatic heterocycles. The third kappa shape index (κ3) is 4.44. The van der Waals surface area contributed by atoms with Gasteiger partial charge in [-0.1, -0.05) is 66.7 Å². The minimum atomic E-state index is 0.552. The second-order valence-electron chi connectivity index (χ2n) is 12.2. The number of nitriles is 2. The lowest BCUT2D eigenvalue weighted by atomic mass is 10.1. The summed E-state index contributed by atoms with van der Waals surface area (Å²) in [5.41, 5.74) is 10.7. The molecule has 0 bridgehead atoms. The molecule has 9 aromatic rings. The summed E-state index contributed by atoms with van der Waals surface area (Å²) in [5.74, 6) is 0. The number of aromatic nitrogens is 3. The van der Waals surface area contributed by atoms with Crippen molar-refractivity contribution in [3.63, 3.8) is 0 Å². The van der Waals surface area contributed by atoms with Gasteiger partial charge in [0.2, 0.25) is 0 Å². The highest BCUT2D eigenvalue weighted by Crippen LogP contribution is 2.38. The molecule has 0 fully saturated rings. The van der Waals surface area contributed by atoms with Crippen molar-refractivity contribution in [2.45, 2.75) is 0 Å². The molecule has 0 unspecified atom stereocenters. The number of para-hydroxylation sites is 3. The van der Waals surface area contributed by atoms with Gasteiger partial charge in [-0.2, -0.15) is 10.5 Å². The summed E-state index contributed by atoms with van der Waals surface area (Å²) >= 11 is 0. The minimum Gasteiger partial charge on any atom is -0.309 e. The van der Waals surface area contributed by atoms with Crippen LogP contribution in [0.15, 0.2) is 146 Å². The van der Waals surface area contributed by atoms with E-state index in [-0.39, 0.29) is 0 Å². The lowest BCUT2D eigenvalue weighted by Gasteiger charge is -2.16. The van der Waals surface area contributed by atoms with Gasteiger partial charge >= 0.3 is 0 Å². The molecule has 0 radical (unpaired) electrons. The Bertz CT molecular complexity index is 2850. The van der Waals surface area contributed by atoms with Crippen LogP contribution in [0.2, 0.25) is 0 Å². The zero-order chi connectivity index (χ0) is 33.8. The van der Waals surface area contributed by atoms with E-state index in [1.54, 1.807) is 0 Å². The summed E-state index contributed by atoms with van der Waals surface area (Å²) in [6.45, 7) is 7.74. The molecule has 0 saturated heterocycles. The predicted molar refractivity (Wildman–Crippen MR) is 199 cm³/mol. The van der Waals surface area contributed by atoms with Gasteiger partial charge in [0.25, 0.3) is 0 Å². The van der Waals surface area contributed by atoms with Gasteiger partial charge < -0.3 is 9.13 Å². The molecule has 230 valence electrons. The van der Waals surface area contributed by atoms with Gasteiger partial charge in [-0.25, -0.2) is 9.83 Å². The molecule has 0 aliphatic carbocycles. The molecule has 0 aliphatic rings. The topological polar surface area (TPSA) is 74.7 Å². The maximum absolute atomic E-state index is 9.77. The van der Waals surface area contributed by atoms with E-state index < -0.39 is 0 Å². The Morgan fingerprint density at radius 1 is 0.500 bits per heavy atom. The highest BCUT2D eigenvalue weighted by atomic mass is 15.0. The van der Waals surface area contributed by atoms with Crippen molar-refractivity contribution in [3.8, 4) is 46.0 Å². The third-order valence-electron chi connectivity index (χ3n) is 9.37. The predicted octanol–water partition coefficient (Wildman–Crippen LogP) is 10.9. The van der Waals surface area contributed by atoms with Crippen LogP contribution < -0.4 is 0 Å². The standard InChI is InChI=1S/C44H24N6/c1-47-39-12-5-2-11-35(39)40-14-8-13-38(48-40)30-23-31(49-41-15-6-3-9-33(41)34-10-4-7-16-42(34)49)25-32(24-30)50-43-19-17-28(26-45)21-36(43)37-22-29(27-46)18-20-44(37)50/h2-25H. The van der Waals surface area contributed by atoms with Gasteiger partial charge in [-0.05, 0) is 78.9 Å². The first-order valence-corrected chi connectivity index (χ1v) is 16.1. The van der Waals surface area contributed by atoms with Gasteiger partial charge in [-0.15, -0.1) is 0 Å². The summed E-state index contributed by atoms with van der Waals surface area (Å²) in [6.07, 6.45) is 0. The molecule has 3 heterocycles. The van der Waals surface area contributed by atoms with E-state index in [0.29, 0.717) is 16.8 Å². The molecule has 6 nitrogen and oxygen atoms in total. The Morgan fingerprint density at radius 2 is 1.02 bits per heavy atom. The maximum Gasteiger partial charge on any atom is 0.196 e. The van der Waals surface area contributed by atoms with Crippen molar-refractivity contribution < 1.29 is 0 Å². The van der Waals surface area contributed by atoms with Crippen LogP contribution in [0, 0.1) is 29.2 Å². The van der Waals surface area contributed by atoms with Gasteiger partial charge in [0.1, 0.15) is 0 Å². The Morgan fingerprint density at radius 3 is 1.60 bits per heavy atom. The maximum atomic E-state index is 9.77. The Labute approximate surface area is 287 Å².